The van der Waals surface area contributed by atoms with E-state index in [2.05, 4.69) is 10.6 Å². The van der Waals surface area contributed by atoms with E-state index in [4.69, 9.17) is 16.3 Å². The molecule has 0 spiro atoms. The van der Waals surface area contributed by atoms with Crippen LogP contribution in [0, 0.1) is 5.92 Å². The molecule has 110 valence electrons. The second kappa shape index (κ2) is 7.50. The lowest BCUT2D eigenvalue weighted by Gasteiger charge is -2.30. The maximum absolute atomic E-state index is 11.8. The second-order valence-corrected chi connectivity index (χ2v) is 5.45. The third kappa shape index (κ3) is 4.12. The van der Waals surface area contributed by atoms with Crippen molar-refractivity contribution in [3.8, 4) is 0 Å². The summed E-state index contributed by atoms with van der Waals surface area (Å²) in [7, 11) is 0. The first-order valence-electron chi connectivity index (χ1n) is 7.11. The number of halogens is 1. The molecule has 0 radical (unpaired) electrons. The molecule has 1 fully saturated rings. The van der Waals surface area contributed by atoms with Gasteiger partial charge in [0.15, 0.2) is 0 Å². The van der Waals surface area contributed by atoms with Gasteiger partial charge in [-0.15, -0.1) is 0 Å². The average molecular weight is 297 g/mol. The number of amides is 1. The quantitative estimate of drug-likeness (QED) is 0.897. The number of rotatable bonds is 4. The molecule has 2 unspecified atom stereocenters. The van der Waals surface area contributed by atoms with Crippen LogP contribution in [0.3, 0.4) is 0 Å². The molecule has 1 aromatic rings. The van der Waals surface area contributed by atoms with Crippen molar-refractivity contribution in [2.75, 3.05) is 19.6 Å². The van der Waals surface area contributed by atoms with Gasteiger partial charge in [0, 0.05) is 24.0 Å². The molecule has 2 rings (SSSR count). The number of ether oxygens (including phenoxy) is 1. The standard InChI is InChI=1S/C15H21ClN2O2/c1-2-18-15(19)20-14(12-6-4-8-17-10-12)11-5-3-7-13(16)9-11/h3,5,7,9,12,14,17H,2,4,6,8,10H2,1H3,(H,18,19). The monoisotopic (exact) mass is 296 g/mol. The molecule has 1 saturated heterocycles. The van der Waals surface area contributed by atoms with Crippen molar-refractivity contribution in [1.29, 1.82) is 0 Å². The first kappa shape index (κ1) is 15.1. The van der Waals surface area contributed by atoms with Gasteiger partial charge in [0.2, 0.25) is 0 Å². The third-order valence-corrected chi connectivity index (χ3v) is 3.73. The summed E-state index contributed by atoms with van der Waals surface area (Å²) < 4.78 is 5.62. The molecule has 0 aliphatic carbocycles. The van der Waals surface area contributed by atoms with Crippen LogP contribution in [0.4, 0.5) is 4.79 Å². The summed E-state index contributed by atoms with van der Waals surface area (Å²) in [5, 5.41) is 6.71. The highest BCUT2D eigenvalue weighted by Crippen LogP contribution is 2.32. The zero-order chi connectivity index (χ0) is 14.4. The fourth-order valence-electron chi connectivity index (χ4n) is 2.56. The molecule has 4 nitrogen and oxygen atoms in total. The highest BCUT2D eigenvalue weighted by Gasteiger charge is 2.28. The van der Waals surface area contributed by atoms with E-state index >= 15 is 0 Å². The molecule has 1 aliphatic heterocycles. The number of carbonyl (C=O) groups excluding carboxylic acids is 1. The third-order valence-electron chi connectivity index (χ3n) is 3.50. The van der Waals surface area contributed by atoms with Crippen LogP contribution in [-0.2, 0) is 4.74 Å². The van der Waals surface area contributed by atoms with Gasteiger partial charge < -0.3 is 15.4 Å². The Balaban J connectivity index is 2.16. The normalized spacial score (nSPS) is 20.2. The van der Waals surface area contributed by atoms with Gasteiger partial charge in [0.1, 0.15) is 6.10 Å². The Morgan fingerprint density at radius 2 is 2.45 bits per heavy atom. The molecule has 1 aliphatic rings. The summed E-state index contributed by atoms with van der Waals surface area (Å²) in [5.74, 6) is 0.282. The van der Waals surface area contributed by atoms with E-state index in [1.54, 1.807) is 0 Å². The number of alkyl carbamates (subject to hydrolysis) is 1. The molecule has 0 bridgehead atoms. The van der Waals surface area contributed by atoms with E-state index in [1.165, 1.54) is 0 Å². The number of nitrogens with one attached hydrogen (secondary N) is 2. The molecule has 1 amide bonds. The second-order valence-electron chi connectivity index (χ2n) is 5.02. The molecule has 0 aromatic heterocycles. The molecule has 5 heteroatoms. The van der Waals surface area contributed by atoms with E-state index in [0.717, 1.165) is 31.5 Å². The van der Waals surface area contributed by atoms with Gasteiger partial charge in [0.05, 0.1) is 0 Å². The van der Waals surface area contributed by atoms with E-state index in [1.807, 2.05) is 31.2 Å². The fourth-order valence-corrected chi connectivity index (χ4v) is 2.76. The molecular weight excluding hydrogens is 276 g/mol. The maximum atomic E-state index is 11.8. The van der Waals surface area contributed by atoms with Crippen molar-refractivity contribution >= 4 is 17.7 Å². The minimum Gasteiger partial charge on any atom is -0.441 e. The molecule has 1 aromatic carbocycles. The average Bonchev–Trinajstić information content (AvgIpc) is 2.46. The summed E-state index contributed by atoms with van der Waals surface area (Å²) in [6.45, 7) is 4.32. The van der Waals surface area contributed by atoms with Crippen LogP contribution in [0.2, 0.25) is 5.02 Å². The van der Waals surface area contributed by atoms with Crippen molar-refractivity contribution in [2.45, 2.75) is 25.9 Å². The number of piperidine rings is 1. The van der Waals surface area contributed by atoms with Crippen LogP contribution >= 0.6 is 11.6 Å². The van der Waals surface area contributed by atoms with Crippen LogP contribution in [0.1, 0.15) is 31.4 Å². The minimum absolute atomic E-state index is 0.256. The Hall–Kier alpha value is -1.26. The highest BCUT2D eigenvalue weighted by atomic mass is 35.5. The predicted octanol–water partition coefficient (Wildman–Crippen LogP) is 3.13. The summed E-state index contributed by atoms with van der Waals surface area (Å²) >= 11 is 6.05. The lowest BCUT2D eigenvalue weighted by molar-refractivity contribution is 0.0522. The first-order valence-corrected chi connectivity index (χ1v) is 7.49. The summed E-state index contributed by atoms with van der Waals surface area (Å²) in [6.07, 6.45) is 1.51. The van der Waals surface area contributed by atoms with Gasteiger partial charge >= 0.3 is 6.09 Å². The van der Waals surface area contributed by atoms with Crippen LogP contribution in [0.15, 0.2) is 24.3 Å². The Morgan fingerprint density at radius 3 is 3.10 bits per heavy atom. The minimum atomic E-state index is -0.372. The van der Waals surface area contributed by atoms with Gasteiger partial charge in [-0.1, -0.05) is 23.7 Å². The molecule has 0 saturated carbocycles. The van der Waals surface area contributed by atoms with Crippen molar-refractivity contribution in [1.82, 2.24) is 10.6 Å². The van der Waals surface area contributed by atoms with Crippen LogP contribution < -0.4 is 10.6 Å². The zero-order valence-electron chi connectivity index (χ0n) is 11.7. The van der Waals surface area contributed by atoms with E-state index in [-0.39, 0.29) is 18.1 Å². The maximum Gasteiger partial charge on any atom is 0.407 e. The highest BCUT2D eigenvalue weighted by molar-refractivity contribution is 6.30. The number of benzene rings is 1. The van der Waals surface area contributed by atoms with E-state index in [9.17, 15) is 4.79 Å². The molecule has 20 heavy (non-hydrogen) atoms. The Labute approximate surface area is 124 Å². The topological polar surface area (TPSA) is 50.4 Å². The Morgan fingerprint density at radius 1 is 1.60 bits per heavy atom. The van der Waals surface area contributed by atoms with Crippen molar-refractivity contribution in [3.05, 3.63) is 34.9 Å². The summed E-state index contributed by atoms with van der Waals surface area (Å²) in [4.78, 5) is 11.8. The molecular formula is C15H21ClN2O2. The van der Waals surface area contributed by atoms with Gasteiger partial charge in [-0.05, 0) is 44.0 Å². The predicted molar refractivity (Wildman–Crippen MR) is 79.9 cm³/mol. The first-order chi connectivity index (χ1) is 9.70. The van der Waals surface area contributed by atoms with Gasteiger partial charge in [-0.25, -0.2) is 4.79 Å². The van der Waals surface area contributed by atoms with Crippen molar-refractivity contribution in [2.24, 2.45) is 5.92 Å². The number of carbonyl (C=O) groups is 1. The van der Waals surface area contributed by atoms with Crippen LogP contribution in [0.25, 0.3) is 0 Å². The number of hydrogen-bond donors (Lipinski definition) is 2. The van der Waals surface area contributed by atoms with Gasteiger partial charge in [-0.2, -0.15) is 0 Å². The van der Waals surface area contributed by atoms with Gasteiger partial charge in [0.25, 0.3) is 0 Å². The van der Waals surface area contributed by atoms with E-state index in [0.29, 0.717) is 11.6 Å². The van der Waals surface area contributed by atoms with Crippen molar-refractivity contribution < 1.29 is 9.53 Å². The molecule has 2 N–H and O–H groups in total. The zero-order valence-corrected chi connectivity index (χ0v) is 12.5. The largest absolute Gasteiger partial charge is 0.441 e. The van der Waals surface area contributed by atoms with E-state index < -0.39 is 0 Å². The smallest absolute Gasteiger partial charge is 0.407 e. The van der Waals surface area contributed by atoms with Gasteiger partial charge in [-0.3, -0.25) is 0 Å². The Bertz CT molecular complexity index is 447. The summed E-state index contributed by atoms with van der Waals surface area (Å²) in [5.41, 5.74) is 0.956. The SMILES string of the molecule is CCNC(=O)OC(c1cccc(Cl)c1)C1CCCNC1. The molecule has 1 heterocycles. The lowest BCUT2D eigenvalue weighted by atomic mass is 9.89. The Kier molecular flexibility index (Phi) is 5.68. The van der Waals surface area contributed by atoms with Crippen LogP contribution in [-0.4, -0.2) is 25.7 Å². The lowest BCUT2D eigenvalue weighted by Crippen LogP contribution is -2.36. The van der Waals surface area contributed by atoms with Crippen LogP contribution in [0.5, 0.6) is 0 Å². The number of hydrogen-bond acceptors (Lipinski definition) is 3. The fraction of sp³-hybridized carbons (Fsp3) is 0.533. The van der Waals surface area contributed by atoms with Crippen molar-refractivity contribution in [3.63, 3.8) is 0 Å². The molecule has 2 atom stereocenters. The summed E-state index contributed by atoms with van der Waals surface area (Å²) in [6, 6.07) is 7.56.